The van der Waals surface area contributed by atoms with E-state index in [1.807, 2.05) is 19.1 Å². The van der Waals surface area contributed by atoms with E-state index < -0.39 is 6.10 Å². The summed E-state index contributed by atoms with van der Waals surface area (Å²) in [6, 6.07) is 14.2. The first-order valence-corrected chi connectivity index (χ1v) is 10.9. The Morgan fingerprint density at radius 2 is 1.81 bits per heavy atom. The number of aliphatic imine (C=N–C) groups is 1. The molecule has 0 aliphatic carbocycles. The molecule has 1 aliphatic heterocycles. The van der Waals surface area contributed by atoms with E-state index in [-0.39, 0.29) is 36.3 Å². The van der Waals surface area contributed by atoms with Crippen LogP contribution in [0.15, 0.2) is 53.5 Å². The van der Waals surface area contributed by atoms with Crippen LogP contribution in [0.25, 0.3) is 0 Å². The first-order valence-electron chi connectivity index (χ1n) is 10.5. The normalized spacial score (nSPS) is 16.5. The van der Waals surface area contributed by atoms with Gasteiger partial charge in [-0.1, -0.05) is 35.9 Å². The van der Waals surface area contributed by atoms with Crippen molar-refractivity contribution in [2.24, 2.45) is 4.99 Å². The van der Waals surface area contributed by atoms with Crippen molar-refractivity contribution >= 4 is 41.5 Å². The number of aliphatic hydroxyl groups is 1. The quantitative estimate of drug-likeness (QED) is 0.268. The first kappa shape index (κ1) is 25.8. The summed E-state index contributed by atoms with van der Waals surface area (Å²) >= 11 is 5.96. The van der Waals surface area contributed by atoms with Crippen LogP contribution < -0.4 is 10.6 Å². The van der Waals surface area contributed by atoms with Crippen molar-refractivity contribution in [2.45, 2.75) is 38.5 Å². The summed E-state index contributed by atoms with van der Waals surface area (Å²) in [7, 11) is 0. The Labute approximate surface area is 206 Å². The van der Waals surface area contributed by atoms with Crippen LogP contribution >= 0.6 is 35.6 Å². The van der Waals surface area contributed by atoms with Gasteiger partial charge in [0.15, 0.2) is 5.96 Å². The summed E-state index contributed by atoms with van der Waals surface area (Å²) in [5, 5.41) is 17.8. The molecule has 170 valence electrons. The Morgan fingerprint density at radius 3 is 2.42 bits per heavy atom. The number of likely N-dealkylation sites (tertiary alicyclic amines) is 1. The number of benzene rings is 2. The molecule has 0 amide bonds. The molecule has 1 heterocycles. The van der Waals surface area contributed by atoms with Crippen molar-refractivity contribution in [1.82, 2.24) is 15.5 Å². The molecule has 2 aromatic rings. The molecule has 2 aromatic carbocycles. The second-order valence-electron chi connectivity index (χ2n) is 7.61. The molecule has 5 nitrogen and oxygen atoms in total. The van der Waals surface area contributed by atoms with Gasteiger partial charge >= 0.3 is 0 Å². The van der Waals surface area contributed by atoms with Gasteiger partial charge < -0.3 is 15.7 Å². The molecule has 1 atom stereocenters. The molecule has 0 bridgehead atoms. The molecule has 3 rings (SSSR count). The van der Waals surface area contributed by atoms with Gasteiger partial charge in [-0.05, 0) is 55.2 Å². The van der Waals surface area contributed by atoms with Crippen LogP contribution in [0.5, 0.6) is 0 Å². The Bertz CT molecular complexity index is 811. The van der Waals surface area contributed by atoms with E-state index in [1.165, 1.54) is 17.7 Å². The number of aliphatic hydroxyl groups excluding tert-OH is 1. The lowest BCUT2D eigenvalue weighted by Crippen LogP contribution is -2.48. The summed E-state index contributed by atoms with van der Waals surface area (Å²) in [6.45, 7) is 5.93. The van der Waals surface area contributed by atoms with E-state index in [9.17, 15) is 9.50 Å². The van der Waals surface area contributed by atoms with Crippen molar-refractivity contribution in [3.63, 3.8) is 0 Å². The number of rotatable bonds is 7. The molecule has 8 heteroatoms. The third kappa shape index (κ3) is 8.56. The fraction of sp³-hybridized carbons (Fsp3) is 0.435. The first-order chi connectivity index (χ1) is 14.5. The van der Waals surface area contributed by atoms with E-state index >= 15 is 0 Å². The summed E-state index contributed by atoms with van der Waals surface area (Å²) in [6.07, 6.45) is 1.29. The number of nitrogens with zero attached hydrogens (tertiary/aromatic N) is 2. The number of hydrogen-bond acceptors (Lipinski definition) is 3. The van der Waals surface area contributed by atoms with E-state index in [1.54, 1.807) is 12.1 Å². The Hall–Kier alpha value is -1.42. The van der Waals surface area contributed by atoms with Crippen molar-refractivity contribution in [2.75, 3.05) is 26.2 Å². The van der Waals surface area contributed by atoms with Crippen molar-refractivity contribution in [1.29, 1.82) is 0 Å². The van der Waals surface area contributed by atoms with Crippen LogP contribution in [0, 0.1) is 5.82 Å². The number of nitrogens with one attached hydrogen (secondary N) is 2. The minimum Gasteiger partial charge on any atom is -0.386 e. The van der Waals surface area contributed by atoms with E-state index in [2.05, 4.69) is 32.7 Å². The molecule has 0 saturated carbocycles. The SMILES string of the molecule is CCNC(=NCC(O)c1ccc(F)cc1)NC1CCN(Cc2ccc(Cl)cc2)CC1.I. The van der Waals surface area contributed by atoms with Gasteiger partial charge in [0, 0.05) is 37.2 Å². The van der Waals surface area contributed by atoms with E-state index in [0.29, 0.717) is 17.6 Å². The molecule has 0 spiro atoms. The lowest BCUT2D eigenvalue weighted by atomic mass is 10.0. The van der Waals surface area contributed by atoms with Crippen LogP contribution in [-0.2, 0) is 6.54 Å². The van der Waals surface area contributed by atoms with Crippen molar-refractivity contribution < 1.29 is 9.50 Å². The van der Waals surface area contributed by atoms with Crippen molar-refractivity contribution in [3.8, 4) is 0 Å². The maximum absolute atomic E-state index is 13.1. The standard InChI is InChI=1S/C23H30ClFN4O.HI/c1-2-26-23(27-15-22(30)18-5-9-20(25)10-6-18)28-21-11-13-29(14-12-21)16-17-3-7-19(24)8-4-17;/h3-10,21-22,30H,2,11-16H2,1H3,(H2,26,27,28);1H. The minimum absolute atomic E-state index is 0. The topological polar surface area (TPSA) is 59.9 Å². The van der Waals surface area contributed by atoms with Gasteiger partial charge in [0.05, 0.1) is 12.6 Å². The zero-order chi connectivity index (χ0) is 21.3. The molecule has 1 fully saturated rings. The zero-order valence-corrected chi connectivity index (χ0v) is 20.8. The molecule has 0 aromatic heterocycles. The third-order valence-corrected chi connectivity index (χ3v) is 5.52. The Kier molecular flexibility index (Phi) is 11.0. The number of hydrogen-bond donors (Lipinski definition) is 3. The lowest BCUT2D eigenvalue weighted by Gasteiger charge is -2.33. The Morgan fingerprint density at radius 1 is 1.16 bits per heavy atom. The maximum atomic E-state index is 13.1. The van der Waals surface area contributed by atoms with Crippen LogP contribution in [0.1, 0.15) is 37.0 Å². The monoisotopic (exact) mass is 560 g/mol. The highest BCUT2D eigenvalue weighted by atomic mass is 127. The van der Waals surface area contributed by atoms with Crippen LogP contribution in [0.2, 0.25) is 5.02 Å². The van der Waals surface area contributed by atoms with E-state index in [4.69, 9.17) is 11.6 Å². The second-order valence-corrected chi connectivity index (χ2v) is 8.04. The fourth-order valence-corrected chi connectivity index (χ4v) is 3.69. The van der Waals surface area contributed by atoms with Gasteiger partial charge in [-0.25, -0.2) is 4.39 Å². The number of halogens is 3. The lowest BCUT2D eigenvalue weighted by molar-refractivity contribution is 0.186. The molecule has 1 aliphatic rings. The molecular weight excluding hydrogens is 530 g/mol. The predicted molar refractivity (Wildman–Crippen MR) is 136 cm³/mol. The molecule has 3 N–H and O–H groups in total. The third-order valence-electron chi connectivity index (χ3n) is 5.27. The average molecular weight is 561 g/mol. The smallest absolute Gasteiger partial charge is 0.191 e. The molecule has 31 heavy (non-hydrogen) atoms. The molecule has 1 unspecified atom stereocenters. The van der Waals surface area contributed by atoms with E-state index in [0.717, 1.165) is 44.0 Å². The van der Waals surface area contributed by atoms with Gasteiger partial charge in [-0.2, -0.15) is 0 Å². The second kappa shape index (κ2) is 13.2. The highest BCUT2D eigenvalue weighted by molar-refractivity contribution is 14.0. The molecule has 0 radical (unpaired) electrons. The summed E-state index contributed by atoms with van der Waals surface area (Å²) in [5.41, 5.74) is 1.93. The largest absolute Gasteiger partial charge is 0.386 e. The van der Waals surface area contributed by atoms with Crippen LogP contribution in [0.4, 0.5) is 4.39 Å². The highest BCUT2D eigenvalue weighted by Gasteiger charge is 2.20. The van der Waals surface area contributed by atoms with Crippen LogP contribution in [0.3, 0.4) is 0 Å². The molecular formula is C23H31ClFIN4O. The number of piperidine rings is 1. The summed E-state index contributed by atoms with van der Waals surface area (Å²) in [5.74, 6) is 0.390. The minimum atomic E-state index is -0.762. The van der Waals surface area contributed by atoms with Gasteiger partial charge in [0.1, 0.15) is 5.82 Å². The number of guanidine groups is 1. The van der Waals surface area contributed by atoms with Gasteiger partial charge in [0.2, 0.25) is 0 Å². The average Bonchev–Trinajstić information content (AvgIpc) is 2.75. The Balaban J connectivity index is 0.00000341. The van der Waals surface area contributed by atoms with Crippen LogP contribution in [-0.4, -0.2) is 48.2 Å². The van der Waals surface area contributed by atoms with Gasteiger partial charge in [-0.15, -0.1) is 24.0 Å². The summed E-state index contributed by atoms with van der Waals surface area (Å²) in [4.78, 5) is 6.97. The van der Waals surface area contributed by atoms with Gasteiger partial charge in [0.25, 0.3) is 0 Å². The van der Waals surface area contributed by atoms with Gasteiger partial charge in [-0.3, -0.25) is 9.89 Å². The molecule has 1 saturated heterocycles. The fourth-order valence-electron chi connectivity index (χ4n) is 3.56. The zero-order valence-electron chi connectivity index (χ0n) is 17.7. The summed E-state index contributed by atoms with van der Waals surface area (Å²) < 4.78 is 13.1. The highest BCUT2D eigenvalue weighted by Crippen LogP contribution is 2.16. The predicted octanol–water partition coefficient (Wildman–Crippen LogP) is 4.35. The van der Waals surface area contributed by atoms with Crippen molar-refractivity contribution in [3.05, 3.63) is 70.5 Å². The maximum Gasteiger partial charge on any atom is 0.191 e.